The highest BCUT2D eigenvalue weighted by atomic mass is 28.3. The van der Waals surface area contributed by atoms with Crippen LogP contribution in [0.3, 0.4) is 0 Å². The Kier molecular flexibility index (Phi) is 4.99. The first-order valence-corrected chi connectivity index (χ1v) is 16.0. The molecular weight excluding hydrogens is 458 g/mol. The van der Waals surface area contributed by atoms with E-state index < -0.39 is 8.07 Å². The first kappa shape index (κ1) is 22.7. The minimum absolute atomic E-state index is 0.0139. The molecule has 180 valence electrons. The third-order valence-corrected chi connectivity index (χ3v) is 9.04. The van der Waals surface area contributed by atoms with Crippen LogP contribution in [0.15, 0.2) is 83.4 Å². The molecule has 5 heteroatoms. The van der Waals surface area contributed by atoms with Gasteiger partial charge in [0.05, 0.1) is 19.2 Å². The van der Waals surface area contributed by atoms with Gasteiger partial charge in [-0.15, -0.1) is 0 Å². The molecule has 6 aromatic rings. The number of furan rings is 1. The summed E-state index contributed by atoms with van der Waals surface area (Å²) in [4.78, 5) is 9.84. The summed E-state index contributed by atoms with van der Waals surface area (Å²) >= 11 is 0. The van der Waals surface area contributed by atoms with Gasteiger partial charge in [-0.25, -0.2) is 9.97 Å². The number of aromatic nitrogens is 3. The number of imidazole rings is 1. The first-order chi connectivity index (χ1) is 17.1. The summed E-state index contributed by atoms with van der Waals surface area (Å²) in [6.45, 7) is 13.7. The molecule has 3 heterocycles. The Morgan fingerprint density at radius 1 is 0.833 bits per heavy atom. The molecule has 0 aliphatic rings. The topological polar surface area (TPSA) is 43.9 Å². The molecule has 0 aliphatic carbocycles. The Hall–Kier alpha value is -3.70. The molecule has 0 amide bonds. The van der Waals surface area contributed by atoms with E-state index in [9.17, 15) is 0 Å². The van der Waals surface area contributed by atoms with Gasteiger partial charge in [-0.3, -0.25) is 4.57 Å². The Balaban J connectivity index is 1.67. The molecule has 3 aromatic heterocycles. The molecule has 0 unspecified atom stereocenters. The van der Waals surface area contributed by atoms with E-state index in [1.54, 1.807) is 0 Å². The summed E-state index contributed by atoms with van der Waals surface area (Å²) in [5.74, 6) is 0.838. The van der Waals surface area contributed by atoms with Crippen LogP contribution < -0.4 is 5.19 Å². The minimum Gasteiger partial charge on any atom is -0.455 e. The maximum Gasteiger partial charge on any atom is 0.178 e. The number of para-hydroxylation sites is 2. The summed E-state index contributed by atoms with van der Waals surface area (Å²) in [6.07, 6.45) is 1.95. The van der Waals surface area contributed by atoms with E-state index in [1.165, 1.54) is 10.8 Å². The van der Waals surface area contributed by atoms with Crippen LogP contribution in [-0.4, -0.2) is 22.6 Å². The second-order valence-electron chi connectivity index (χ2n) is 11.7. The van der Waals surface area contributed by atoms with Crippen LogP contribution >= 0.6 is 0 Å². The van der Waals surface area contributed by atoms with Crippen LogP contribution in [0.2, 0.25) is 19.6 Å². The molecule has 0 spiro atoms. The highest BCUT2D eigenvalue weighted by Gasteiger charge is 2.23. The zero-order chi connectivity index (χ0) is 25.2. The molecule has 0 fully saturated rings. The van der Waals surface area contributed by atoms with E-state index in [0.29, 0.717) is 0 Å². The van der Waals surface area contributed by atoms with E-state index in [2.05, 4.69) is 112 Å². The average Bonchev–Trinajstić information content (AvgIpc) is 3.41. The van der Waals surface area contributed by atoms with Gasteiger partial charge >= 0.3 is 0 Å². The second kappa shape index (κ2) is 7.90. The summed E-state index contributed by atoms with van der Waals surface area (Å²) < 4.78 is 8.80. The van der Waals surface area contributed by atoms with Crippen molar-refractivity contribution in [1.82, 2.24) is 14.5 Å². The Morgan fingerprint density at radius 3 is 2.33 bits per heavy atom. The fraction of sp³-hybridized carbons (Fsp3) is 0.226. The molecule has 0 N–H and O–H groups in total. The third kappa shape index (κ3) is 3.66. The molecule has 6 rings (SSSR count). The van der Waals surface area contributed by atoms with Gasteiger partial charge in [-0.1, -0.05) is 88.1 Å². The second-order valence-corrected chi connectivity index (χ2v) is 16.7. The van der Waals surface area contributed by atoms with Crippen molar-refractivity contribution in [3.8, 4) is 17.1 Å². The molecule has 0 saturated carbocycles. The lowest BCUT2D eigenvalue weighted by molar-refractivity contribution is 0.588. The molecule has 0 saturated heterocycles. The van der Waals surface area contributed by atoms with Crippen LogP contribution in [0, 0.1) is 0 Å². The highest BCUT2D eigenvalue weighted by Crippen LogP contribution is 2.38. The van der Waals surface area contributed by atoms with Crippen LogP contribution in [0.5, 0.6) is 0 Å². The van der Waals surface area contributed by atoms with E-state index >= 15 is 0 Å². The molecule has 0 aliphatic heterocycles. The number of rotatable bonds is 3. The number of pyridine rings is 1. The lowest BCUT2D eigenvalue weighted by Crippen LogP contribution is -2.37. The lowest BCUT2D eigenvalue weighted by atomic mass is 9.88. The van der Waals surface area contributed by atoms with Crippen molar-refractivity contribution in [3.63, 3.8) is 0 Å². The normalized spacial score (nSPS) is 12.7. The smallest absolute Gasteiger partial charge is 0.178 e. The predicted octanol–water partition coefficient (Wildman–Crippen LogP) is 7.83. The van der Waals surface area contributed by atoms with Gasteiger partial charge in [0.25, 0.3) is 0 Å². The Morgan fingerprint density at radius 2 is 1.61 bits per heavy atom. The molecular formula is C31H31N3OSi. The number of benzene rings is 3. The maximum atomic E-state index is 6.59. The van der Waals surface area contributed by atoms with Gasteiger partial charge in [0.1, 0.15) is 11.2 Å². The predicted molar refractivity (Wildman–Crippen MR) is 153 cm³/mol. The zero-order valence-corrected chi connectivity index (χ0v) is 22.8. The van der Waals surface area contributed by atoms with Crippen molar-refractivity contribution in [1.29, 1.82) is 0 Å². The van der Waals surface area contributed by atoms with E-state index in [-0.39, 0.29) is 5.41 Å². The number of hydrogen-bond donors (Lipinski definition) is 0. The van der Waals surface area contributed by atoms with Crippen molar-refractivity contribution in [2.45, 2.75) is 45.8 Å². The van der Waals surface area contributed by atoms with Crippen LogP contribution in [0.4, 0.5) is 0 Å². The average molecular weight is 490 g/mol. The van der Waals surface area contributed by atoms with Gasteiger partial charge in [-0.2, -0.15) is 0 Å². The van der Waals surface area contributed by atoms with E-state index in [4.69, 9.17) is 14.4 Å². The molecule has 0 bridgehead atoms. The minimum atomic E-state index is -1.46. The van der Waals surface area contributed by atoms with Gasteiger partial charge in [0.2, 0.25) is 0 Å². The van der Waals surface area contributed by atoms with Crippen molar-refractivity contribution in [2.24, 2.45) is 0 Å². The monoisotopic (exact) mass is 489 g/mol. The molecule has 4 nitrogen and oxygen atoms in total. The number of hydrogen-bond acceptors (Lipinski definition) is 3. The number of nitrogens with zero attached hydrogens (tertiary/aromatic N) is 3. The van der Waals surface area contributed by atoms with Crippen molar-refractivity contribution >= 4 is 46.4 Å². The summed E-state index contributed by atoms with van der Waals surface area (Å²) in [5, 5.41) is 3.65. The highest BCUT2D eigenvalue weighted by molar-refractivity contribution is 6.88. The summed E-state index contributed by atoms with van der Waals surface area (Å²) in [5.41, 5.74) is 6.72. The van der Waals surface area contributed by atoms with Crippen LogP contribution in [-0.2, 0) is 5.41 Å². The van der Waals surface area contributed by atoms with Gasteiger partial charge in [0, 0.05) is 22.7 Å². The third-order valence-electron chi connectivity index (χ3n) is 7.00. The standard InChI is InChI=1S/C31H31N3OSi/c1-31(2,3)20-17-26-29(32-19-20)33-30(34(26)21-11-8-7-9-12-21)25-14-10-13-24-23-16-15-22(36(4,5)6)18-27(23)35-28(24)25/h7-19H,1-6H3. The quantitative estimate of drug-likeness (QED) is 0.238. The Bertz CT molecular complexity index is 1750. The Labute approximate surface area is 212 Å². The maximum absolute atomic E-state index is 6.59. The lowest BCUT2D eigenvalue weighted by Gasteiger charge is -2.18. The molecule has 36 heavy (non-hydrogen) atoms. The van der Waals surface area contributed by atoms with Crippen LogP contribution in [0.1, 0.15) is 26.3 Å². The zero-order valence-electron chi connectivity index (χ0n) is 21.8. The SMILES string of the molecule is CC(C)(C)c1cnc2nc(-c3cccc4c3oc3cc([Si](C)(C)C)ccc34)n(-c3ccccc3)c2c1. The van der Waals surface area contributed by atoms with E-state index in [1.807, 2.05) is 12.3 Å². The van der Waals surface area contributed by atoms with Gasteiger partial charge < -0.3 is 4.42 Å². The number of fused-ring (bicyclic) bond motifs is 4. The first-order valence-electron chi connectivity index (χ1n) is 12.5. The summed E-state index contributed by atoms with van der Waals surface area (Å²) in [7, 11) is -1.46. The largest absolute Gasteiger partial charge is 0.455 e. The van der Waals surface area contributed by atoms with Crippen molar-refractivity contribution in [3.05, 3.63) is 84.6 Å². The van der Waals surface area contributed by atoms with E-state index in [0.717, 1.165) is 50.2 Å². The summed E-state index contributed by atoms with van der Waals surface area (Å²) in [6, 6.07) is 25.7. The van der Waals surface area contributed by atoms with Crippen molar-refractivity contribution in [2.75, 3.05) is 0 Å². The fourth-order valence-electron chi connectivity index (χ4n) is 4.83. The van der Waals surface area contributed by atoms with Gasteiger partial charge in [-0.05, 0) is 41.3 Å². The molecule has 3 aromatic carbocycles. The van der Waals surface area contributed by atoms with Crippen molar-refractivity contribution < 1.29 is 4.42 Å². The molecule has 0 radical (unpaired) electrons. The van der Waals surface area contributed by atoms with Gasteiger partial charge in [0.15, 0.2) is 11.5 Å². The fourth-order valence-corrected chi connectivity index (χ4v) is 5.98. The van der Waals surface area contributed by atoms with Crippen LogP contribution in [0.25, 0.3) is 50.2 Å². The molecule has 0 atom stereocenters.